The standard InChI is InChI=1S/C13H12F2N2/c14-10-3-1-2-9(6-10)8-17-11-4-5-13(16)12(15)7-11/h1-7,17H,8,16H2. The van der Waals surface area contributed by atoms with Crippen molar-refractivity contribution in [2.45, 2.75) is 6.54 Å². The van der Waals surface area contributed by atoms with Crippen LogP contribution in [0.3, 0.4) is 0 Å². The van der Waals surface area contributed by atoms with Gasteiger partial charge in [0.1, 0.15) is 11.6 Å². The van der Waals surface area contributed by atoms with Crippen LogP contribution in [0.4, 0.5) is 20.2 Å². The van der Waals surface area contributed by atoms with Crippen LogP contribution >= 0.6 is 0 Å². The fourth-order valence-corrected chi connectivity index (χ4v) is 1.49. The normalized spacial score (nSPS) is 10.2. The molecule has 0 fully saturated rings. The summed E-state index contributed by atoms with van der Waals surface area (Å²) in [4.78, 5) is 0. The minimum Gasteiger partial charge on any atom is -0.396 e. The maximum atomic E-state index is 13.1. The summed E-state index contributed by atoms with van der Waals surface area (Å²) in [6, 6.07) is 10.7. The van der Waals surface area contributed by atoms with E-state index in [1.807, 2.05) is 0 Å². The van der Waals surface area contributed by atoms with Crippen molar-refractivity contribution in [3.63, 3.8) is 0 Å². The molecule has 0 unspecified atom stereocenters. The van der Waals surface area contributed by atoms with Crippen molar-refractivity contribution in [2.24, 2.45) is 0 Å². The van der Waals surface area contributed by atoms with E-state index in [0.717, 1.165) is 5.56 Å². The monoisotopic (exact) mass is 234 g/mol. The molecule has 0 saturated heterocycles. The Balaban J connectivity index is 2.05. The van der Waals surface area contributed by atoms with Gasteiger partial charge in [0.15, 0.2) is 0 Å². The van der Waals surface area contributed by atoms with E-state index in [4.69, 9.17) is 5.73 Å². The molecule has 4 heteroatoms. The summed E-state index contributed by atoms with van der Waals surface area (Å²) in [6.45, 7) is 0.432. The van der Waals surface area contributed by atoms with Crippen LogP contribution in [0.1, 0.15) is 5.56 Å². The average Bonchev–Trinajstić information content (AvgIpc) is 2.31. The van der Waals surface area contributed by atoms with Gasteiger partial charge in [-0.05, 0) is 35.9 Å². The molecule has 0 heterocycles. The molecule has 0 aliphatic heterocycles. The minimum absolute atomic E-state index is 0.112. The van der Waals surface area contributed by atoms with Crippen molar-refractivity contribution in [3.8, 4) is 0 Å². The highest BCUT2D eigenvalue weighted by Crippen LogP contribution is 2.16. The third-order valence-corrected chi connectivity index (χ3v) is 2.39. The molecule has 0 bridgehead atoms. The quantitative estimate of drug-likeness (QED) is 0.800. The zero-order chi connectivity index (χ0) is 12.3. The Labute approximate surface area is 98.1 Å². The van der Waals surface area contributed by atoms with Gasteiger partial charge in [0.05, 0.1) is 5.69 Å². The summed E-state index contributed by atoms with van der Waals surface area (Å²) >= 11 is 0. The maximum Gasteiger partial charge on any atom is 0.148 e. The first-order valence-corrected chi connectivity index (χ1v) is 5.18. The smallest absolute Gasteiger partial charge is 0.148 e. The van der Waals surface area contributed by atoms with E-state index in [2.05, 4.69) is 5.32 Å². The fraction of sp³-hybridized carbons (Fsp3) is 0.0769. The fourth-order valence-electron chi connectivity index (χ4n) is 1.49. The highest BCUT2D eigenvalue weighted by Gasteiger charge is 2.00. The van der Waals surface area contributed by atoms with E-state index in [1.54, 1.807) is 18.2 Å². The molecule has 0 spiro atoms. The third kappa shape index (κ3) is 2.93. The lowest BCUT2D eigenvalue weighted by atomic mass is 10.2. The van der Waals surface area contributed by atoms with E-state index in [-0.39, 0.29) is 11.5 Å². The Morgan fingerprint density at radius 1 is 1.06 bits per heavy atom. The summed E-state index contributed by atoms with van der Waals surface area (Å²) in [7, 11) is 0. The first-order chi connectivity index (χ1) is 8.15. The molecule has 0 amide bonds. The molecule has 0 saturated carbocycles. The third-order valence-electron chi connectivity index (χ3n) is 2.39. The summed E-state index contributed by atoms with van der Waals surface area (Å²) < 4.78 is 26.0. The molecular formula is C13H12F2N2. The van der Waals surface area contributed by atoms with Crippen LogP contribution in [-0.4, -0.2) is 0 Å². The van der Waals surface area contributed by atoms with Crippen LogP contribution in [0.2, 0.25) is 0 Å². The SMILES string of the molecule is Nc1ccc(NCc2cccc(F)c2)cc1F. The van der Waals surface area contributed by atoms with Crippen LogP contribution in [0.25, 0.3) is 0 Å². The van der Waals surface area contributed by atoms with Gasteiger partial charge in [-0.3, -0.25) is 0 Å². The van der Waals surface area contributed by atoms with Gasteiger partial charge >= 0.3 is 0 Å². The number of halogens is 2. The lowest BCUT2D eigenvalue weighted by molar-refractivity contribution is 0.625. The first kappa shape index (κ1) is 11.4. The highest BCUT2D eigenvalue weighted by molar-refractivity contribution is 5.52. The predicted octanol–water partition coefficient (Wildman–Crippen LogP) is 3.16. The zero-order valence-corrected chi connectivity index (χ0v) is 9.08. The molecule has 2 rings (SSSR count). The second kappa shape index (κ2) is 4.82. The van der Waals surface area contributed by atoms with E-state index >= 15 is 0 Å². The number of nitrogens with two attached hydrogens (primary N) is 1. The molecule has 0 aliphatic rings. The Morgan fingerprint density at radius 2 is 1.88 bits per heavy atom. The van der Waals surface area contributed by atoms with Crippen LogP contribution in [0.15, 0.2) is 42.5 Å². The lowest BCUT2D eigenvalue weighted by Crippen LogP contribution is -2.01. The van der Waals surface area contributed by atoms with Crippen molar-refractivity contribution in [2.75, 3.05) is 11.1 Å². The molecule has 2 aromatic rings. The molecule has 0 atom stereocenters. The van der Waals surface area contributed by atoms with E-state index < -0.39 is 5.82 Å². The summed E-state index contributed by atoms with van der Waals surface area (Å²) in [5.74, 6) is -0.748. The molecule has 17 heavy (non-hydrogen) atoms. The van der Waals surface area contributed by atoms with Crippen LogP contribution in [-0.2, 0) is 6.54 Å². The number of nitrogen functional groups attached to an aromatic ring is 1. The first-order valence-electron chi connectivity index (χ1n) is 5.18. The number of rotatable bonds is 3. The number of hydrogen-bond acceptors (Lipinski definition) is 2. The Morgan fingerprint density at radius 3 is 2.59 bits per heavy atom. The van der Waals surface area contributed by atoms with Crippen molar-refractivity contribution >= 4 is 11.4 Å². The molecular weight excluding hydrogens is 222 g/mol. The number of hydrogen-bond donors (Lipinski definition) is 2. The van der Waals surface area contributed by atoms with Gasteiger partial charge in [0, 0.05) is 12.2 Å². The Bertz CT molecular complexity index is 527. The zero-order valence-electron chi connectivity index (χ0n) is 9.08. The Hall–Kier alpha value is -2.10. The minimum atomic E-state index is -0.464. The summed E-state index contributed by atoms with van der Waals surface area (Å²) in [6.07, 6.45) is 0. The molecule has 3 N–H and O–H groups in total. The van der Waals surface area contributed by atoms with Crippen LogP contribution in [0, 0.1) is 11.6 Å². The van der Waals surface area contributed by atoms with E-state index in [0.29, 0.717) is 12.2 Å². The van der Waals surface area contributed by atoms with Crippen molar-refractivity contribution in [3.05, 3.63) is 59.7 Å². The largest absolute Gasteiger partial charge is 0.396 e. The summed E-state index contributed by atoms with van der Waals surface area (Å²) in [5.41, 5.74) is 6.88. The molecule has 2 nitrogen and oxygen atoms in total. The number of benzene rings is 2. The molecule has 0 aliphatic carbocycles. The van der Waals surface area contributed by atoms with Crippen LogP contribution < -0.4 is 11.1 Å². The molecule has 0 aromatic heterocycles. The topological polar surface area (TPSA) is 38.0 Å². The van der Waals surface area contributed by atoms with Gasteiger partial charge in [-0.2, -0.15) is 0 Å². The van der Waals surface area contributed by atoms with Gasteiger partial charge in [-0.1, -0.05) is 12.1 Å². The van der Waals surface area contributed by atoms with Crippen molar-refractivity contribution < 1.29 is 8.78 Å². The predicted molar refractivity (Wildman–Crippen MR) is 64.5 cm³/mol. The number of anilines is 2. The number of nitrogens with one attached hydrogen (secondary N) is 1. The van der Waals surface area contributed by atoms with Crippen LogP contribution in [0.5, 0.6) is 0 Å². The van der Waals surface area contributed by atoms with E-state index in [9.17, 15) is 8.78 Å². The highest BCUT2D eigenvalue weighted by atomic mass is 19.1. The molecule has 2 aromatic carbocycles. The van der Waals surface area contributed by atoms with Gasteiger partial charge in [-0.15, -0.1) is 0 Å². The van der Waals surface area contributed by atoms with Gasteiger partial charge in [0.2, 0.25) is 0 Å². The van der Waals surface area contributed by atoms with Gasteiger partial charge in [0.25, 0.3) is 0 Å². The van der Waals surface area contributed by atoms with Crippen molar-refractivity contribution in [1.29, 1.82) is 0 Å². The second-order valence-electron chi connectivity index (χ2n) is 3.72. The van der Waals surface area contributed by atoms with Gasteiger partial charge in [-0.25, -0.2) is 8.78 Å². The average molecular weight is 234 g/mol. The summed E-state index contributed by atoms with van der Waals surface area (Å²) in [5, 5.41) is 2.99. The van der Waals surface area contributed by atoms with Crippen molar-refractivity contribution in [1.82, 2.24) is 0 Å². The Kier molecular flexibility index (Phi) is 3.23. The van der Waals surface area contributed by atoms with Gasteiger partial charge < -0.3 is 11.1 Å². The molecule has 0 radical (unpaired) electrons. The maximum absolute atomic E-state index is 13.1. The molecule has 88 valence electrons. The second-order valence-corrected chi connectivity index (χ2v) is 3.72. The van der Waals surface area contributed by atoms with E-state index in [1.165, 1.54) is 24.3 Å². The lowest BCUT2D eigenvalue weighted by Gasteiger charge is -2.07.